The Kier molecular flexibility index (Phi) is 4.40. The molecule has 2 saturated heterocycles. The molecule has 1 aromatic rings. The summed E-state index contributed by atoms with van der Waals surface area (Å²) < 4.78 is 5.47. The summed E-state index contributed by atoms with van der Waals surface area (Å²) in [4.78, 5) is 38.8. The molecule has 0 saturated carbocycles. The molecule has 1 spiro atoms. The maximum absolute atomic E-state index is 13.1. The van der Waals surface area contributed by atoms with E-state index in [0.717, 1.165) is 48.3 Å². The molecule has 0 aromatic heterocycles. The molecule has 1 aromatic carbocycles. The number of rotatable bonds is 4. The van der Waals surface area contributed by atoms with Crippen LogP contribution in [0.5, 0.6) is 0 Å². The normalized spacial score (nSPS) is 27.5. The molecular formula is C19H23N3O4. The highest BCUT2D eigenvalue weighted by molar-refractivity contribution is 6.09. The van der Waals surface area contributed by atoms with E-state index >= 15 is 0 Å². The van der Waals surface area contributed by atoms with Crippen molar-refractivity contribution >= 4 is 17.8 Å². The Morgan fingerprint density at radius 3 is 2.96 bits per heavy atom. The molecule has 4 amide bonds. The molecule has 26 heavy (non-hydrogen) atoms. The predicted molar refractivity (Wildman–Crippen MR) is 93.3 cm³/mol. The quantitative estimate of drug-likeness (QED) is 0.789. The highest BCUT2D eigenvalue weighted by atomic mass is 16.5. The van der Waals surface area contributed by atoms with Crippen LogP contribution in [0.3, 0.4) is 0 Å². The van der Waals surface area contributed by atoms with Crippen molar-refractivity contribution < 1.29 is 19.1 Å². The average molecular weight is 357 g/mol. The SMILES string of the molecule is O=C(CN1C(=O)N[C@@]2(CCCc3ccccc32)C1=O)NC[C@@H]1CCCO1. The van der Waals surface area contributed by atoms with E-state index in [9.17, 15) is 14.4 Å². The van der Waals surface area contributed by atoms with Gasteiger partial charge in [-0.3, -0.25) is 14.5 Å². The second-order valence-corrected chi connectivity index (χ2v) is 7.18. The molecule has 0 bridgehead atoms. The first-order valence-electron chi connectivity index (χ1n) is 9.21. The van der Waals surface area contributed by atoms with Gasteiger partial charge in [0, 0.05) is 13.2 Å². The van der Waals surface area contributed by atoms with E-state index in [1.807, 2.05) is 24.3 Å². The Labute approximate surface area is 152 Å². The average Bonchev–Trinajstić information content (AvgIpc) is 3.24. The van der Waals surface area contributed by atoms with Crippen molar-refractivity contribution in [1.29, 1.82) is 0 Å². The zero-order valence-electron chi connectivity index (χ0n) is 14.6. The molecule has 2 aliphatic heterocycles. The van der Waals surface area contributed by atoms with E-state index in [2.05, 4.69) is 10.6 Å². The number of benzene rings is 1. The van der Waals surface area contributed by atoms with Crippen LogP contribution in [-0.4, -0.2) is 48.5 Å². The van der Waals surface area contributed by atoms with Gasteiger partial charge in [-0.15, -0.1) is 0 Å². The number of hydrogen-bond acceptors (Lipinski definition) is 4. The number of carbonyl (C=O) groups excluding carboxylic acids is 3. The summed E-state index contributed by atoms with van der Waals surface area (Å²) in [5, 5.41) is 5.63. The molecule has 1 aliphatic carbocycles. The minimum Gasteiger partial charge on any atom is -0.376 e. The van der Waals surface area contributed by atoms with Crippen molar-refractivity contribution in [2.45, 2.75) is 43.7 Å². The molecule has 138 valence electrons. The summed E-state index contributed by atoms with van der Waals surface area (Å²) in [6.07, 6.45) is 4.21. The van der Waals surface area contributed by atoms with Crippen molar-refractivity contribution in [3.63, 3.8) is 0 Å². The van der Waals surface area contributed by atoms with Crippen LogP contribution in [0.1, 0.15) is 36.8 Å². The number of aryl methyl sites for hydroxylation is 1. The number of ether oxygens (including phenoxy) is 1. The molecule has 2 N–H and O–H groups in total. The summed E-state index contributed by atoms with van der Waals surface area (Å²) in [5.74, 6) is -0.674. The Balaban J connectivity index is 1.47. The lowest BCUT2D eigenvalue weighted by Gasteiger charge is -2.33. The monoisotopic (exact) mass is 357 g/mol. The van der Waals surface area contributed by atoms with E-state index in [4.69, 9.17) is 4.74 Å². The Morgan fingerprint density at radius 1 is 1.31 bits per heavy atom. The summed E-state index contributed by atoms with van der Waals surface area (Å²) in [6, 6.07) is 7.21. The number of hydrogen-bond donors (Lipinski definition) is 2. The van der Waals surface area contributed by atoms with Crippen LogP contribution >= 0.6 is 0 Å². The standard InChI is InChI=1S/C19H23N3O4/c23-16(20-11-14-7-4-10-26-14)12-22-17(24)19(21-18(22)25)9-3-6-13-5-1-2-8-15(13)19/h1-2,5,8,14H,3-4,6-7,9-12H2,(H,20,23)(H,21,25)/t14-,19+/m0/s1. The van der Waals surface area contributed by atoms with Crippen molar-refractivity contribution in [2.75, 3.05) is 19.7 Å². The lowest BCUT2D eigenvalue weighted by Crippen LogP contribution is -2.47. The smallest absolute Gasteiger partial charge is 0.325 e. The van der Waals surface area contributed by atoms with Gasteiger partial charge in [-0.25, -0.2) is 4.79 Å². The topological polar surface area (TPSA) is 87.7 Å². The van der Waals surface area contributed by atoms with Crippen molar-refractivity contribution in [3.8, 4) is 0 Å². The van der Waals surface area contributed by atoms with Crippen LogP contribution in [0.4, 0.5) is 4.79 Å². The number of carbonyl (C=O) groups is 3. The minimum atomic E-state index is -1.03. The molecule has 4 rings (SSSR count). The largest absolute Gasteiger partial charge is 0.376 e. The van der Waals surface area contributed by atoms with Gasteiger partial charge in [-0.1, -0.05) is 24.3 Å². The highest BCUT2D eigenvalue weighted by Gasteiger charge is 2.54. The first-order chi connectivity index (χ1) is 12.6. The molecule has 2 heterocycles. The van der Waals surface area contributed by atoms with Crippen LogP contribution in [0.2, 0.25) is 0 Å². The van der Waals surface area contributed by atoms with E-state index in [0.29, 0.717) is 13.0 Å². The number of amides is 4. The third kappa shape index (κ3) is 2.86. The van der Waals surface area contributed by atoms with E-state index in [1.54, 1.807) is 0 Å². The Hall–Kier alpha value is -2.41. The molecule has 2 fully saturated rings. The van der Waals surface area contributed by atoms with Crippen molar-refractivity contribution in [1.82, 2.24) is 15.5 Å². The van der Waals surface area contributed by atoms with Gasteiger partial charge in [0.2, 0.25) is 5.91 Å². The van der Waals surface area contributed by atoms with Gasteiger partial charge in [0.15, 0.2) is 0 Å². The van der Waals surface area contributed by atoms with Crippen LogP contribution < -0.4 is 10.6 Å². The number of nitrogens with one attached hydrogen (secondary N) is 2. The zero-order chi connectivity index (χ0) is 18.1. The number of nitrogens with zero attached hydrogens (tertiary/aromatic N) is 1. The first kappa shape index (κ1) is 17.0. The molecule has 7 heteroatoms. The van der Waals surface area contributed by atoms with Gasteiger partial charge in [0.1, 0.15) is 12.1 Å². The van der Waals surface area contributed by atoms with E-state index in [1.165, 1.54) is 0 Å². The van der Waals surface area contributed by atoms with Gasteiger partial charge in [0.25, 0.3) is 5.91 Å². The lowest BCUT2D eigenvalue weighted by molar-refractivity contribution is -0.135. The fraction of sp³-hybridized carbons (Fsp3) is 0.526. The Morgan fingerprint density at radius 2 is 2.15 bits per heavy atom. The van der Waals surface area contributed by atoms with Gasteiger partial charge in [-0.2, -0.15) is 0 Å². The van der Waals surface area contributed by atoms with E-state index in [-0.39, 0.29) is 24.5 Å². The fourth-order valence-electron chi connectivity index (χ4n) is 4.19. The maximum Gasteiger partial charge on any atom is 0.325 e. The molecule has 0 unspecified atom stereocenters. The van der Waals surface area contributed by atoms with Gasteiger partial charge in [0.05, 0.1) is 6.10 Å². The molecule has 0 radical (unpaired) electrons. The van der Waals surface area contributed by atoms with Gasteiger partial charge < -0.3 is 15.4 Å². The number of fused-ring (bicyclic) bond motifs is 2. The van der Waals surface area contributed by atoms with Crippen LogP contribution in [-0.2, 0) is 26.3 Å². The first-order valence-corrected chi connectivity index (χ1v) is 9.21. The minimum absolute atomic E-state index is 0.0265. The molecule has 2 atom stereocenters. The number of imide groups is 1. The summed E-state index contributed by atoms with van der Waals surface area (Å²) >= 11 is 0. The van der Waals surface area contributed by atoms with Crippen LogP contribution in [0.15, 0.2) is 24.3 Å². The second-order valence-electron chi connectivity index (χ2n) is 7.18. The fourth-order valence-corrected chi connectivity index (χ4v) is 4.19. The maximum atomic E-state index is 13.1. The summed E-state index contributed by atoms with van der Waals surface area (Å²) in [5.41, 5.74) is 0.907. The lowest BCUT2D eigenvalue weighted by atomic mass is 9.76. The van der Waals surface area contributed by atoms with Crippen LogP contribution in [0.25, 0.3) is 0 Å². The second kappa shape index (κ2) is 6.72. The van der Waals surface area contributed by atoms with Gasteiger partial charge >= 0.3 is 6.03 Å². The summed E-state index contributed by atoms with van der Waals surface area (Å²) in [7, 11) is 0. The van der Waals surface area contributed by atoms with Crippen molar-refractivity contribution in [3.05, 3.63) is 35.4 Å². The Bertz CT molecular complexity index is 744. The predicted octanol–water partition coefficient (Wildman–Crippen LogP) is 1.07. The third-order valence-electron chi connectivity index (χ3n) is 5.50. The van der Waals surface area contributed by atoms with Gasteiger partial charge in [-0.05, 0) is 43.2 Å². The van der Waals surface area contributed by atoms with Crippen molar-refractivity contribution in [2.24, 2.45) is 0 Å². The van der Waals surface area contributed by atoms with Crippen LogP contribution in [0, 0.1) is 0 Å². The highest BCUT2D eigenvalue weighted by Crippen LogP contribution is 2.39. The zero-order valence-corrected chi connectivity index (χ0v) is 14.6. The molecular weight excluding hydrogens is 334 g/mol. The number of urea groups is 1. The molecule has 3 aliphatic rings. The van der Waals surface area contributed by atoms with E-state index < -0.39 is 11.6 Å². The summed E-state index contributed by atoms with van der Waals surface area (Å²) in [6.45, 7) is 0.868. The molecule has 7 nitrogen and oxygen atoms in total. The third-order valence-corrected chi connectivity index (χ3v) is 5.50.